The van der Waals surface area contributed by atoms with Gasteiger partial charge in [0.2, 0.25) is 0 Å². The van der Waals surface area contributed by atoms with Gasteiger partial charge in [0.25, 0.3) is 0 Å². The highest BCUT2D eigenvalue weighted by atomic mass is 35.5. The van der Waals surface area contributed by atoms with E-state index >= 15 is 0 Å². The normalized spacial score (nSPS) is 19.7. The first-order chi connectivity index (χ1) is 12.7. The molecule has 2 aromatic carbocycles. The Labute approximate surface area is 183 Å². The molecule has 1 fully saturated rings. The fourth-order valence-electron chi connectivity index (χ4n) is 4.02. The standard InChI is InChI=1S/C21H24ClFN2O.2ClH/c22-17-5-3-16(4-6-17)21-19-15-18(23)7-8-20(19)26-14-13-25(21)12-11-24-9-1-2-10-24;;/h3-8,15,21H,1-2,9-14H2;2*1H. The fraction of sp³-hybridized carbons (Fsp3) is 0.429. The molecular formula is C21H26Cl3FN2O. The lowest BCUT2D eigenvalue weighted by Gasteiger charge is -2.32. The van der Waals surface area contributed by atoms with E-state index in [1.807, 2.05) is 24.3 Å². The number of hydrogen-bond donors (Lipinski definition) is 0. The maximum absolute atomic E-state index is 14.0. The molecule has 0 bridgehead atoms. The Morgan fingerprint density at radius 3 is 2.39 bits per heavy atom. The van der Waals surface area contributed by atoms with Gasteiger partial charge in [0.1, 0.15) is 18.2 Å². The molecule has 7 heteroatoms. The van der Waals surface area contributed by atoms with Crippen molar-refractivity contribution in [3.05, 3.63) is 64.4 Å². The van der Waals surface area contributed by atoms with Crippen LogP contribution in [-0.4, -0.2) is 49.1 Å². The number of likely N-dealkylation sites (tertiary alicyclic amines) is 1. The van der Waals surface area contributed by atoms with E-state index in [0.29, 0.717) is 11.6 Å². The van der Waals surface area contributed by atoms with Crippen molar-refractivity contribution in [1.82, 2.24) is 9.80 Å². The summed E-state index contributed by atoms with van der Waals surface area (Å²) in [5.74, 6) is 0.544. The molecule has 1 atom stereocenters. The van der Waals surface area contributed by atoms with Crippen LogP contribution in [0.5, 0.6) is 5.75 Å². The lowest BCUT2D eigenvalue weighted by Crippen LogP contribution is -2.37. The first kappa shape index (κ1) is 23.2. The fourth-order valence-corrected chi connectivity index (χ4v) is 4.14. The third-order valence-electron chi connectivity index (χ3n) is 5.36. The molecule has 2 aliphatic rings. The third-order valence-corrected chi connectivity index (χ3v) is 5.61. The highest BCUT2D eigenvalue weighted by Gasteiger charge is 2.29. The molecule has 2 aromatic rings. The van der Waals surface area contributed by atoms with E-state index in [0.717, 1.165) is 36.5 Å². The molecule has 0 spiro atoms. The number of benzene rings is 2. The van der Waals surface area contributed by atoms with Crippen LogP contribution < -0.4 is 4.74 Å². The monoisotopic (exact) mass is 446 g/mol. The van der Waals surface area contributed by atoms with Gasteiger partial charge in [-0.2, -0.15) is 0 Å². The average molecular weight is 448 g/mol. The Kier molecular flexibility index (Phi) is 8.84. The van der Waals surface area contributed by atoms with Crippen molar-refractivity contribution in [2.75, 3.05) is 39.3 Å². The maximum Gasteiger partial charge on any atom is 0.124 e. The van der Waals surface area contributed by atoms with Crippen LogP contribution in [0.25, 0.3) is 0 Å². The first-order valence-corrected chi connectivity index (χ1v) is 9.72. The van der Waals surface area contributed by atoms with Gasteiger partial charge in [-0.3, -0.25) is 4.90 Å². The molecule has 0 aliphatic carbocycles. The van der Waals surface area contributed by atoms with E-state index in [9.17, 15) is 4.39 Å². The van der Waals surface area contributed by atoms with Crippen LogP contribution in [0.4, 0.5) is 4.39 Å². The zero-order valence-corrected chi connectivity index (χ0v) is 18.0. The summed E-state index contributed by atoms with van der Waals surface area (Å²) in [4.78, 5) is 4.92. The molecule has 0 aromatic heterocycles. The van der Waals surface area contributed by atoms with Gasteiger partial charge < -0.3 is 9.64 Å². The zero-order chi connectivity index (χ0) is 17.9. The predicted molar refractivity (Wildman–Crippen MR) is 117 cm³/mol. The van der Waals surface area contributed by atoms with Gasteiger partial charge in [0.05, 0.1) is 6.04 Å². The van der Waals surface area contributed by atoms with Crippen molar-refractivity contribution in [2.45, 2.75) is 18.9 Å². The van der Waals surface area contributed by atoms with Gasteiger partial charge >= 0.3 is 0 Å². The Bertz CT molecular complexity index is 754. The van der Waals surface area contributed by atoms with Gasteiger partial charge in [-0.1, -0.05) is 23.7 Å². The summed E-state index contributed by atoms with van der Waals surface area (Å²) in [7, 11) is 0. The van der Waals surface area contributed by atoms with Crippen molar-refractivity contribution in [3.63, 3.8) is 0 Å². The number of ether oxygens (including phenoxy) is 1. The Hall–Kier alpha value is -1.04. The van der Waals surface area contributed by atoms with Gasteiger partial charge in [0.15, 0.2) is 0 Å². The lowest BCUT2D eigenvalue weighted by atomic mass is 9.96. The van der Waals surface area contributed by atoms with Crippen LogP contribution in [0, 0.1) is 5.82 Å². The second-order valence-electron chi connectivity index (χ2n) is 7.07. The highest BCUT2D eigenvalue weighted by Crippen LogP contribution is 2.37. The van der Waals surface area contributed by atoms with Crippen LogP contribution in [0.1, 0.15) is 30.0 Å². The summed E-state index contributed by atoms with van der Waals surface area (Å²) in [6.45, 7) is 5.77. The predicted octanol–water partition coefficient (Wildman–Crippen LogP) is 5.20. The van der Waals surface area contributed by atoms with Crippen LogP contribution in [0.15, 0.2) is 42.5 Å². The second-order valence-corrected chi connectivity index (χ2v) is 7.51. The lowest BCUT2D eigenvalue weighted by molar-refractivity contribution is 0.177. The molecule has 154 valence electrons. The van der Waals surface area contributed by atoms with Crippen molar-refractivity contribution in [3.8, 4) is 5.75 Å². The van der Waals surface area contributed by atoms with E-state index in [1.165, 1.54) is 32.0 Å². The van der Waals surface area contributed by atoms with Crippen LogP contribution in [0.2, 0.25) is 5.02 Å². The van der Waals surface area contributed by atoms with Crippen molar-refractivity contribution < 1.29 is 9.13 Å². The number of halogens is 4. The topological polar surface area (TPSA) is 15.7 Å². The molecular weight excluding hydrogens is 422 g/mol. The Morgan fingerprint density at radius 2 is 1.68 bits per heavy atom. The van der Waals surface area contributed by atoms with Gasteiger partial charge in [-0.05, 0) is 61.8 Å². The van der Waals surface area contributed by atoms with Crippen LogP contribution in [-0.2, 0) is 0 Å². The Balaban J connectivity index is 0.00000140. The number of rotatable bonds is 4. The molecule has 2 heterocycles. The molecule has 28 heavy (non-hydrogen) atoms. The summed E-state index contributed by atoms with van der Waals surface area (Å²) in [5, 5.41) is 0.710. The summed E-state index contributed by atoms with van der Waals surface area (Å²) in [6, 6.07) is 12.7. The minimum atomic E-state index is -0.229. The van der Waals surface area contributed by atoms with E-state index in [1.54, 1.807) is 12.1 Å². The number of nitrogens with zero attached hydrogens (tertiary/aromatic N) is 2. The summed E-state index contributed by atoms with van der Waals surface area (Å²) >= 11 is 6.09. The van der Waals surface area contributed by atoms with E-state index < -0.39 is 0 Å². The van der Waals surface area contributed by atoms with Gasteiger partial charge in [-0.15, -0.1) is 24.8 Å². The van der Waals surface area contributed by atoms with Crippen LogP contribution >= 0.6 is 36.4 Å². The minimum Gasteiger partial charge on any atom is -0.492 e. The average Bonchev–Trinajstić information content (AvgIpc) is 3.09. The van der Waals surface area contributed by atoms with E-state index in [2.05, 4.69) is 9.80 Å². The largest absolute Gasteiger partial charge is 0.492 e. The van der Waals surface area contributed by atoms with Crippen LogP contribution in [0.3, 0.4) is 0 Å². The smallest absolute Gasteiger partial charge is 0.124 e. The molecule has 0 radical (unpaired) electrons. The number of hydrogen-bond acceptors (Lipinski definition) is 3. The maximum atomic E-state index is 14.0. The van der Waals surface area contributed by atoms with E-state index in [4.69, 9.17) is 16.3 Å². The summed E-state index contributed by atoms with van der Waals surface area (Å²) < 4.78 is 20.0. The summed E-state index contributed by atoms with van der Waals surface area (Å²) in [5.41, 5.74) is 2.01. The van der Waals surface area contributed by atoms with Crippen molar-refractivity contribution >= 4 is 36.4 Å². The van der Waals surface area contributed by atoms with Crippen molar-refractivity contribution in [1.29, 1.82) is 0 Å². The Morgan fingerprint density at radius 1 is 0.964 bits per heavy atom. The molecule has 0 N–H and O–H groups in total. The molecule has 4 rings (SSSR count). The number of fused-ring (bicyclic) bond motifs is 1. The minimum absolute atomic E-state index is 0. The quantitative estimate of drug-likeness (QED) is 0.640. The van der Waals surface area contributed by atoms with Crippen molar-refractivity contribution in [2.24, 2.45) is 0 Å². The third kappa shape index (κ3) is 5.31. The molecule has 0 amide bonds. The molecule has 2 aliphatic heterocycles. The first-order valence-electron chi connectivity index (χ1n) is 9.35. The molecule has 1 saturated heterocycles. The SMILES string of the molecule is Cl.Cl.Fc1ccc2c(c1)C(c1ccc(Cl)cc1)N(CCN1CCCC1)CCO2. The highest BCUT2D eigenvalue weighted by molar-refractivity contribution is 6.30. The summed E-state index contributed by atoms with van der Waals surface area (Å²) in [6.07, 6.45) is 2.58. The zero-order valence-electron chi connectivity index (χ0n) is 15.7. The van der Waals surface area contributed by atoms with E-state index in [-0.39, 0.29) is 36.7 Å². The second kappa shape index (κ2) is 10.7. The van der Waals surface area contributed by atoms with Gasteiger partial charge in [-0.25, -0.2) is 4.39 Å². The molecule has 0 saturated carbocycles. The molecule has 3 nitrogen and oxygen atoms in total. The molecule has 1 unspecified atom stereocenters. The van der Waals surface area contributed by atoms with Gasteiger partial charge in [0, 0.05) is 30.2 Å².